The van der Waals surface area contributed by atoms with Crippen LogP contribution in [0.3, 0.4) is 0 Å². The van der Waals surface area contributed by atoms with Gasteiger partial charge in [0, 0.05) is 38.4 Å². The summed E-state index contributed by atoms with van der Waals surface area (Å²) in [5.74, 6) is 0.771. The van der Waals surface area contributed by atoms with Crippen molar-refractivity contribution in [1.29, 1.82) is 0 Å². The molecule has 1 aliphatic rings. The van der Waals surface area contributed by atoms with E-state index in [2.05, 4.69) is 27.9 Å². The van der Waals surface area contributed by atoms with E-state index in [1.165, 1.54) is 0 Å². The zero-order chi connectivity index (χ0) is 20.7. The van der Waals surface area contributed by atoms with Crippen LogP contribution in [0, 0.1) is 0 Å². The molecule has 0 aromatic heterocycles. The van der Waals surface area contributed by atoms with E-state index in [9.17, 15) is 4.79 Å². The zero-order valence-electron chi connectivity index (χ0n) is 17.8. The van der Waals surface area contributed by atoms with E-state index < -0.39 is 0 Å². The van der Waals surface area contributed by atoms with Gasteiger partial charge < -0.3 is 25.4 Å². The molecule has 0 aliphatic carbocycles. The number of amides is 1. The van der Waals surface area contributed by atoms with Crippen LogP contribution >= 0.6 is 0 Å². The van der Waals surface area contributed by atoms with Gasteiger partial charge in [-0.2, -0.15) is 0 Å². The van der Waals surface area contributed by atoms with E-state index in [0.29, 0.717) is 12.1 Å². The molecule has 1 amide bonds. The van der Waals surface area contributed by atoms with Gasteiger partial charge in [-0.05, 0) is 43.9 Å². The van der Waals surface area contributed by atoms with Crippen molar-refractivity contribution >= 4 is 11.9 Å². The summed E-state index contributed by atoms with van der Waals surface area (Å²) in [6, 6.07) is 7.63. The van der Waals surface area contributed by atoms with Crippen LogP contribution < -0.4 is 16.0 Å². The quantitative estimate of drug-likeness (QED) is 0.283. The summed E-state index contributed by atoms with van der Waals surface area (Å²) in [4.78, 5) is 16.7. The number of hydrogen-bond donors (Lipinski definition) is 3. The Bertz CT molecular complexity index is 613. The van der Waals surface area contributed by atoms with Gasteiger partial charge >= 0.3 is 0 Å². The lowest BCUT2D eigenvalue weighted by Gasteiger charge is -2.13. The summed E-state index contributed by atoms with van der Waals surface area (Å²) in [5.41, 5.74) is 1.75. The molecule has 1 aromatic rings. The maximum absolute atomic E-state index is 12.1. The molecule has 1 atom stereocenters. The third-order valence-electron chi connectivity index (χ3n) is 4.65. The normalized spacial score (nSPS) is 16.6. The molecular formula is C22H36N4O3. The Morgan fingerprint density at radius 2 is 1.93 bits per heavy atom. The Balaban J connectivity index is 1.72. The fraction of sp³-hybridized carbons (Fsp3) is 0.636. The number of hydrogen-bond acceptors (Lipinski definition) is 4. The molecule has 2 rings (SSSR count). The molecule has 1 fully saturated rings. The molecule has 0 saturated carbocycles. The summed E-state index contributed by atoms with van der Waals surface area (Å²) < 4.78 is 11.1. The third-order valence-corrected chi connectivity index (χ3v) is 4.65. The summed E-state index contributed by atoms with van der Waals surface area (Å²) in [5, 5.41) is 9.53. The number of aliphatic imine (C=N–C) groups is 1. The van der Waals surface area contributed by atoms with E-state index in [1.807, 2.05) is 31.2 Å². The van der Waals surface area contributed by atoms with Gasteiger partial charge in [0.2, 0.25) is 0 Å². The molecule has 7 nitrogen and oxygen atoms in total. The van der Waals surface area contributed by atoms with Crippen LogP contribution in [-0.2, 0) is 16.0 Å². The van der Waals surface area contributed by atoms with Gasteiger partial charge in [0.05, 0.1) is 19.3 Å². The smallest absolute Gasteiger partial charge is 0.251 e. The molecule has 3 N–H and O–H groups in total. The van der Waals surface area contributed by atoms with Gasteiger partial charge in [-0.1, -0.05) is 25.5 Å². The molecule has 29 heavy (non-hydrogen) atoms. The van der Waals surface area contributed by atoms with Gasteiger partial charge in [-0.3, -0.25) is 4.79 Å². The lowest BCUT2D eigenvalue weighted by molar-refractivity contribution is 0.0420. The van der Waals surface area contributed by atoms with Crippen LogP contribution in [0.15, 0.2) is 29.3 Å². The molecule has 0 bridgehead atoms. The van der Waals surface area contributed by atoms with Crippen LogP contribution in [0.25, 0.3) is 0 Å². The fourth-order valence-corrected chi connectivity index (χ4v) is 2.93. The van der Waals surface area contributed by atoms with Crippen molar-refractivity contribution in [3.63, 3.8) is 0 Å². The Morgan fingerprint density at radius 3 is 2.62 bits per heavy atom. The highest BCUT2D eigenvalue weighted by Gasteiger charge is 2.15. The number of carbonyl (C=O) groups excluding carboxylic acids is 1. The van der Waals surface area contributed by atoms with Crippen LogP contribution in [0.2, 0.25) is 0 Å². The number of carbonyl (C=O) groups is 1. The molecule has 1 aromatic carbocycles. The fourth-order valence-electron chi connectivity index (χ4n) is 2.93. The Kier molecular flexibility index (Phi) is 11.1. The van der Waals surface area contributed by atoms with Crippen molar-refractivity contribution < 1.29 is 14.3 Å². The topological polar surface area (TPSA) is 84.0 Å². The van der Waals surface area contributed by atoms with E-state index in [-0.39, 0.29) is 12.0 Å². The third kappa shape index (κ3) is 9.28. The number of nitrogens with zero attached hydrogens (tertiary/aromatic N) is 1. The second-order valence-corrected chi connectivity index (χ2v) is 7.14. The van der Waals surface area contributed by atoms with Crippen molar-refractivity contribution in [2.45, 2.75) is 52.2 Å². The van der Waals surface area contributed by atoms with Gasteiger partial charge in [-0.15, -0.1) is 0 Å². The van der Waals surface area contributed by atoms with Gasteiger partial charge in [-0.25, -0.2) is 4.99 Å². The molecule has 1 saturated heterocycles. The first-order chi connectivity index (χ1) is 14.2. The predicted octanol–water partition coefficient (Wildman–Crippen LogP) is 2.47. The molecule has 1 aliphatic heterocycles. The lowest BCUT2D eigenvalue weighted by Crippen LogP contribution is -2.38. The highest BCUT2D eigenvalue weighted by molar-refractivity contribution is 5.94. The second-order valence-electron chi connectivity index (χ2n) is 7.14. The van der Waals surface area contributed by atoms with E-state index >= 15 is 0 Å². The first-order valence-corrected chi connectivity index (χ1v) is 10.8. The highest BCUT2D eigenvalue weighted by atomic mass is 16.5. The summed E-state index contributed by atoms with van der Waals surface area (Å²) >= 11 is 0. The maximum Gasteiger partial charge on any atom is 0.251 e. The number of guanidine groups is 1. The average molecular weight is 405 g/mol. The van der Waals surface area contributed by atoms with Crippen molar-refractivity contribution in [2.75, 3.05) is 39.5 Å². The summed E-state index contributed by atoms with van der Waals surface area (Å²) in [6.45, 7) is 9.30. The average Bonchev–Trinajstić information content (AvgIpc) is 3.25. The van der Waals surface area contributed by atoms with Crippen LogP contribution in [0.1, 0.15) is 55.5 Å². The van der Waals surface area contributed by atoms with Crippen LogP contribution in [0.5, 0.6) is 0 Å². The van der Waals surface area contributed by atoms with E-state index in [0.717, 1.165) is 76.7 Å². The Morgan fingerprint density at radius 1 is 1.14 bits per heavy atom. The molecule has 1 unspecified atom stereocenters. The van der Waals surface area contributed by atoms with Gasteiger partial charge in [0.25, 0.3) is 5.91 Å². The first-order valence-electron chi connectivity index (χ1n) is 10.8. The minimum Gasteiger partial charge on any atom is -0.379 e. The zero-order valence-corrected chi connectivity index (χ0v) is 17.8. The van der Waals surface area contributed by atoms with Crippen molar-refractivity contribution in [2.24, 2.45) is 4.99 Å². The number of nitrogens with one attached hydrogen (secondary N) is 3. The van der Waals surface area contributed by atoms with E-state index in [1.54, 1.807) is 0 Å². The lowest BCUT2D eigenvalue weighted by atomic mass is 10.1. The van der Waals surface area contributed by atoms with Crippen LogP contribution in [0.4, 0.5) is 0 Å². The second kappa shape index (κ2) is 14.0. The minimum absolute atomic E-state index is 0.0186. The Labute approximate surface area is 174 Å². The molecule has 0 radical (unpaired) electrons. The predicted molar refractivity (Wildman–Crippen MR) is 116 cm³/mol. The standard InChI is InChI=1S/C22H36N4O3/c1-3-5-12-24-21(27)19-9-7-18(8-10-19)16-26-22(23-4-2)25-13-6-14-29-20-11-15-28-17-20/h7-10,20H,3-6,11-17H2,1-2H3,(H,24,27)(H2,23,25,26). The highest BCUT2D eigenvalue weighted by Crippen LogP contribution is 2.08. The SMILES string of the molecule is CCCCNC(=O)c1ccc(CN=C(NCC)NCCCOC2CCOC2)cc1. The van der Waals surface area contributed by atoms with Gasteiger partial charge in [0.1, 0.15) is 0 Å². The van der Waals surface area contributed by atoms with Crippen molar-refractivity contribution in [3.05, 3.63) is 35.4 Å². The van der Waals surface area contributed by atoms with E-state index in [4.69, 9.17) is 9.47 Å². The number of ether oxygens (including phenoxy) is 2. The molecule has 7 heteroatoms. The monoisotopic (exact) mass is 404 g/mol. The van der Waals surface area contributed by atoms with Crippen LogP contribution in [-0.4, -0.2) is 57.4 Å². The summed E-state index contributed by atoms with van der Waals surface area (Å²) in [7, 11) is 0. The number of rotatable bonds is 12. The number of benzene rings is 1. The molecular weight excluding hydrogens is 368 g/mol. The Hall–Kier alpha value is -2.12. The minimum atomic E-state index is -0.0186. The molecule has 162 valence electrons. The molecule has 0 spiro atoms. The first kappa shape index (κ1) is 23.2. The largest absolute Gasteiger partial charge is 0.379 e. The number of unbranched alkanes of at least 4 members (excludes halogenated alkanes) is 1. The summed E-state index contributed by atoms with van der Waals surface area (Å²) in [6.07, 6.45) is 4.25. The van der Waals surface area contributed by atoms with Gasteiger partial charge in [0.15, 0.2) is 5.96 Å². The van der Waals surface area contributed by atoms with Crippen molar-refractivity contribution in [3.8, 4) is 0 Å². The molecule has 1 heterocycles. The maximum atomic E-state index is 12.1. The van der Waals surface area contributed by atoms with Crippen molar-refractivity contribution in [1.82, 2.24) is 16.0 Å².